The van der Waals surface area contributed by atoms with Gasteiger partial charge in [-0.2, -0.15) is 9.49 Å². The first-order valence-electron chi connectivity index (χ1n) is 10.7. The van der Waals surface area contributed by atoms with Crippen molar-refractivity contribution in [3.8, 4) is 11.3 Å². The van der Waals surface area contributed by atoms with Crippen LogP contribution in [-0.2, 0) is 6.54 Å². The minimum Gasteiger partial charge on any atom is -0.317 e. The molecule has 1 amide bonds. The van der Waals surface area contributed by atoms with Crippen LogP contribution in [0.2, 0.25) is 0 Å². The van der Waals surface area contributed by atoms with Gasteiger partial charge in [0, 0.05) is 30.9 Å². The normalized spacial score (nSPS) is 24.3. The number of aromatic nitrogens is 3. The van der Waals surface area contributed by atoms with Gasteiger partial charge in [0.25, 0.3) is 5.91 Å². The standard InChI is InChI=1S/C23H23FN6O/c1-28-22(31)16-13-29(27-21(16)30-19-6-2-5-18(19)26-23(28)30)12-14-8-10-15(11-9-14)17-4-3-7-20(24)25-17/h3-4,7-11,13,18-19,23,26H,2,5-6,12H2,1H3. The van der Waals surface area contributed by atoms with Crippen LogP contribution in [0.1, 0.15) is 35.2 Å². The summed E-state index contributed by atoms with van der Waals surface area (Å²) in [4.78, 5) is 21.0. The van der Waals surface area contributed by atoms with Crippen LogP contribution in [0.25, 0.3) is 11.3 Å². The third-order valence-corrected chi connectivity index (χ3v) is 6.68. The second-order valence-corrected chi connectivity index (χ2v) is 8.57. The Bertz CT molecular complexity index is 1160. The topological polar surface area (TPSA) is 66.3 Å². The number of carbonyl (C=O) groups is 1. The minimum absolute atomic E-state index is 0.00231. The van der Waals surface area contributed by atoms with Crippen molar-refractivity contribution in [2.24, 2.45) is 0 Å². The summed E-state index contributed by atoms with van der Waals surface area (Å²) in [7, 11) is 1.85. The Balaban J connectivity index is 1.28. The van der Waals surface area contributed by atoms with Crippen LogP contribution in [0.4, 0.5) is 10.2 Å². The summed E-state index contributed by atoms with van der Waals surface area (Å²) in [6.07, 6.45) is 5.21. The molecule has 1 N–H and O–H groups in total. The van der Waals surface area contributed by atoms with E-state index in [1.54, 1.807) is 17.0 Å². The molecule has 7 nitrogen and oxygen atoms in total. The van der Waals surface area contributed by atoms with Gasteiger partial charge in [-0.15, -0.1) is 0 Å². The van der Waals surface area contributed by atoms with E-state index in [4.69, 9.17) is 5.10 Å². The molecule has 1 aromatic carbocycles. The van der Waals surface area contributed by atoms with Crippen LogP contribution >= 0.6 is 0 Å². The van der Waals surface area contributed by atoms with Crippen molar-refractivity contribution in [2.75, 3.05) is 11.9 Å². The van der Waals surface area contributed by atoms with E-state index in [1.165, 1.54) is 12.5 Å². The predicted octanol–water partition coefficient (Wildman–Crippen LogP) is 2.83. The minimum atomic E-state index is -0.488. The number of carbonyl (C=O) groups excluding carboxylic acids is 1. The molecular formula is C23H23FN6O. The zero-order chi connectivity index (χ0) is 21.1. The molecule has 0 bridgehead atoms. The highest BCUT2D eigenvalue weighted by molar-refractivity contribution is 6.01. The van der Waals surface area contributed by atoms with Gasteiger partial charge in [-0.05, 0) is 37.0 Å². The van der Waals surface area contributed by atoms with Crippen molar-refractivity contribution in [3.05, 3.63) is 65.7 Å². The molecule has 8 heteroatoms. The number of anilines is 1. The average Bonchev–Trinajstić information content (AvgIpc) is 3.47. The number of halogens is 1. The van der Waals surface area contributed by atoms with E-state index in [0.29, 0.717) is 29.9 Å². The molecule has 158 valence electrons. The maximum Gasteiger partial charge on any atom is 0.261 e. The van der Waals surface area contributed by atoms with Gasteiger partial charge in [-0.1, -0.05) is 30.3 Å². The fourth-order valence-electron chi connectivity index (χ4n) is 5.16. The smallest absolute Gasteiger partial charge is 0.261 e. The molecule has 6 rings (SSSR count). The van der Waals surface area contributed by atoms with Crippen LogP contribution in [0, 0.1) is 5.95 Å². The number of pyridine rings is 1. The third-order valence-electron chi connectivity index (χ3n) is 6.68. The Morgan fingerprint density at radius 2 is 2.00 bits per heavy atom. The van der Waals surface area contributed by atoms with Gasteiger partial charge >= 0.3 is 0 Å². The van der Waals surface area contributed by atoms with Gasteiger partial charge < -0.3 is 9.80 Å². The monoisotopic (exact) mass is 418 g/mol. The van der Waals surface area contributed by atoms with E-state index in [9.17, 15) is 9.18 Å². The SMILES string of the molecule is CN1C(=O)c2cn(Cc3ccc(-c4cccc(F)n4)cc3)nc2N2C3CCCC3NC12. The molecule has 3 aliphatic rings. The molecule has 3 aromatic rings. The number of benzene rings is 1. The zero-order valence-corrected chi connectivity index (χ0v) is 17.2. The molecule has 1 saturated carbocycles. The summed E-state index contributed by atoms with van der Waals surface area (Å²) in [6.45, 7) is 0.556. The lowest BCUT2D eigenvalue weighted by Crippen LogP contribution is -2.56. The van der Waals surface area contributed by atoms with E-state index < -0.39 is 5.95 Å². The molecule has 2 fully saturated rings. The molecule has 0 spiro atoms. The third kappa shape index (κ3) is 2.93. The second kappa shape index (κ2) is 6.88. The van der Waals surface area contributed by atoms with Crippen molar-refractivity contribution in [2.45, 2.75) is 44.2 Å². The molecule has 2 aromatic heterocycles. The van der Waals surface area contributed by atoms with E-state index in [0.717, 1.165) is 29.8 Å². The summed E-state index contributed by atoms with van der Waals surface area (Å²) in [5.41, 5.74) is 3.18. The highest BCUT2D eigenvalue weighted by atomic mass is 19.1. The number of amides is 1. The van der Waals surface area contributed by atoms with Crippen molar-refractivity contribution in [1.82, 2.24) is 25.0 Å². The van der Waals surface area contributed by atoms with E-state index in [-0.39, 0.29) is 12.2 Å². The number of nitrogens with one attached hydrogen (secondary N) is 1. The Labute approximate surface area is 179 Å². The first-order chi connectivity index (χ1) is 15.1. The van der Waals surface area contributed by atoms with E-state index in [2.05, 4.69) is 15.2 Å². The predicted molar refractivity (Wildman–Crippen MR) is 114 cm³/mol. The quantitative estimate of drug-likeness (QED) is 0.663. The first kappa shape index (κ1) is 18.5. The summed E-state index contributed by atoms with van der Waals surface area (Å²) in [6, 6.07) is 13.4. The van der Waals surface area contributed by atoms with Crippen molar-refractivity contribution >= 4 is 11.7 Å². The Morgan fingerprint density at radius 3 is 2.81 bits per heavy atom. The molecular weight excluding hydrogens is 395 g/mol. The highest BCUT2D eigenvalue weighted by Crippen LogP contribution is 2.39. The molecule has 1 aliphatic carbocycles. The maximum absolute atomic E-state index is 13.4. The Kier molecular flexibility index (Phi) is 4.11. The van der Waals surface area contributed by atoms with Gasteiger partial charge in [-0.25, -0.2) is 4.98 Å². The maximum atomic E-state index is 13.4. The Hall–Kier alpha value is -3.26. The molecule has 2 aliphatic heterocycles. The number of rotatable bonds is 3. The summed E-state index contributed by atoms with van der Waals surface area (Å²) in [5.74, 6) is 0.302. The Morgan fingerprint density at radius 1 is 1.16 bits per heavy atom. The molecule has 3 unspecified atom stereocenters. The van der Waals surface area contributed by atoms with E-state index >= 15 is 0 Å². The van der Waals surface area contributed by atoms with Crippen LogP contribution in [0.15, 0.2) is 48.7 Å². The van der Waals surface area contributed by atoms with Crippen molar-refractivity contribution in [1.29, 1.82) is 0 Å². The second-order valence-electron chi connectivity index (χ2n) is 8.57. The summed E-state index contributed by atoms with van der Waals surface area (Å²) in [5, 5.41) is 8.43. The van der Waals surface area contributed by atoms with Gasteiger partial charge in [0.1, 0.15) is 5.56 Å². The van der Waals surface area contributed by atoms with Gasteiger partial charge in [-0.3, -0.25) is 14.8 Å². The van der Waals surface area contributed by atoms with Gasteiger partial charge in [0.2, 0.25) is 5.95 Å². The molecule has 1 saturated heterocycles. The number of hydrogen-bond acceptors (Lipinski definition) is 5. The molecule has 0 radical (unpaired) electrons. The molecule has 3 atom stereocenters. The molecule has 4 heterocycles. The van der Waals surface area contributed by atoms with Gasteiger partial charge in [0.15, 0.2) is 12.1 Å². The fourth-order valence-corrected chi connectivity index (χ4v) is 5.16. The average molecular weight is 418 g/mol. The lowest BCUT2D eigenvalue weighted by molar-refractivity contribution is 0.0694. The first-order valence-corrected chi connectivity index (χ1v) is 10.7. The largest absolute Gasteiger partial charge is 0.317 e. The van der Waals surface area contributed by atoms with Crippen LogP contribution < -0.4 is 10.2 Å². The van der Waals surface area contributed by atoms with Crippen LogP contribution in [0.5, 0.6) is 0 Å². The summed E-state index contributed by atoms with van der Waals surface area (Å²) >= 11 is 0. The number of fused-ring (bicyclic) bond motifs is 5. The van der Waals surface area contributed by atoms with Crippen LogP contribution in [-0.4, -0.2) is 51.0 Å². The zero-order valence-electron chi connectivity index (χ0n) is 17.2. The summed E-state index contributed by atoms with van der Waals surface area (Å²) < 4.78 is 15.2. The van der Waals surface area contributed by atoms with Crippen molar-refractivity contribution in [3.63, 3.8) is 0 Å². The molecule has 31 heavy (non-hydrogen) atoms. The van der Waals surface area contributed by atoms with Crippen molar-refractivity contribution < 1.29 is 9.18 Å². The lowest BCUT2D eigenvalue weighted by Gasteiger charge is -2.38. The number of hydrogen-bond donors (Lipinski definition) is 1. The van der Waals surface area contributed by atoms with Gasteiger partial charge in [0.05, 0.1) is 12.2 Å². The van der Waals surface area contributed by atoms with E-state index in [1.807, 2.05) is 42.2 Å². The number of nitrogens with zero attached hydrogens (tertiary/aromatic N) is 5. The fraction of sp³-hybridized carbons (Fsp3) is 0.348. The lowest BCUT2D eigenvalue weighted by atomic mass is 10.1. The highest BCUT2D eigenvalue weighted by Gasteiger charge is 2.50. The van der Waals surface area contributed by atoms with Crippen LogP contribution in [0.3, 0.4) is 0 Å².